The minimum Gasteiger partial charge on any atom is -0.466 e. The summed E-state index contributed by atoms with van der Waals surface area (Å²) in [4.78, 5) is 12.9. The Bertz CT molecular complexity index is 213. The summed E-state index contributed by atoms with van der Waals surface area (Å²) in [7, 11) is 1.78. The van der Waals surface area contributed by atoms with E-state index in [-0.39, 0.29) is 6.42 Å². The molecule has 96 valence electrons. The van der Waals surface area contributed by atoms with Crippen LogP contribution in [0.5, 0.6) is 0 Å². The molecule has 0 rings (SSSR count). The first-order valence-corrected chi connectivity index (χ1v) is 5.49. The molecule has 0 bridgehead atoms. The molecule has 0 aliphatic carbocycles. The Balaban J connectivity index is 3.86. The highest BCUT2D eigenvalue weighted by Gasteiger charge is 2.19. The van der Waals surface area contributed by atoms with Gasteiger partial charge in [0.1, 0.15) is 0 Å². The van der Waals surface area contributed by atoms with Crippen molar-refractivity contribution in [2.45, 2.75) is 38.9 Å². The lowest BCUT2D eigenvalue weighted by atomic mass is 10.1. The molecule has 1 atom stereocenters. The highest BCUT2D eigenvalue weighted by Crippen LogP contribution is 2.05. The number of likely N-dealkylation sites (N-methyl/N-ethyl adjacent to an activating group) is 1. The van der Waals surface area contributed by atoms with Gasteiger partial charge in [0.25, 0.3) is 0 Å². The summed E-state index contributed by atoms with van der Waals surface area (Å²) < 4.78 is 4.73. The van der Waals surface area contributed by atoms with E-state index < -0.39 is 17.7 Å². The van der Waals surface area contributed by atoms with Gasteiger partial charge in [-0.05, 0) is 27.8 Å². The minimum atomic E-state index is -0.807. The zero-order chi connectivity index (χ0) is 12.8. The predicted molar refractivity (Wildman–Crippen MR) is 61.1 cm³/mol. The molecule has 2 N–H and O–H groups in total. The summed E-state index contributed by atoms with van der Waals surface area (Å²) >= 11 is 0. The van der Waals surface area contributed by atoms with E-state index in [9.17, 15) is 15.0 Å². The molecular formula is C11H23NO4. The van der Waals surface area contributed by atoms with Gasteiger partial charge < -0.3 is 19.8 Å². The highest BCUT2D eigenvalue weighted by atomic mass is 16.5. The molecule has 0 fully saturated rings. The van der Waals surface area contributed by atoms with E-state index >= 15 is 0 Å². The molecule has 0 radical (unpaired) electrons. The number of ether oxygens (including phenoxy) is 1. The van der Waals surface area contributed by atoms with Crippen LogP contribution in [0.25, 0.3) is 0 Å². The molecule has 5 nitrogen and oxygen atoms in total. The van der Waals surface area contributed by atoms with Crippen LogP contribution in [-0.2, 0) is 9.53 Å². The second kappa shape index (κ2) is 6.83. The standard InChI is InChI=1S/C11H23NO4/c1-5-16-10(14)6-9(13)7-12(4)8-11(2,3)15/h9,13,15H,5-8H2,1-4H3. The van der Waals surface area contributed by atoms with Gasteiger partial charge in [0.15, 0.2) is 0 Å². The van der Waals surface area contributed by atoms with Crippen LogP contribution in [0, 0.1) is 0 Å². The van der Waals surface area contributed by atoms with Crippen LogP contribution in [0.4, 0.5) is 0 Å². The van der Waals surface area contributed by atoms with E-state index in [1.807, 2.05) is 0 Å². The largest absolute Gasteiger partial charge is 0.466 e. The fraction of sp³-hybridized carbons (Fsp3) is 0.909. The van der Waals surface area contributed by atoms with E-state index in [1.165, 1.54) is 0 Å². The fourth-order valence-electron chi connectivity index (χ4n) is 1.56. The number of aliphatic hydroxyl groups is 2. The second-order valence-electron chi connectivity index (χ2n) is 4.67. The average Bonchev–Trinajstić information content (AvgIpc) is 1.98. The van der Waals surface area contributed by atoms with Crippen LogP contribution >= 0.6 is 0 Å². The van der Waals surface area contributed by atoms with Crippen LogP contribution in [0.1, 0.15) is 27.2 Å². The lowest BCUT2D eigenvalue weighted by Crippen LogP contribution is -2.40. The van der Waals surface area contributed by atoms with Crippen LogP contribution < -0.4 is 0 Å². The molecule has 0 aromatic rings. The molecule has 0 aromatic heterocycles. The van der Waals surface area contributed by atoms with Crippen molar-refractivity contribution in [1.29, 1.82) is 0 Å². The Kier molecular flexibility index (Phi) is 6.55. The fourth-order valence-corrected chi connectivity index (χ4v) is 1.56. The number of aliphatic hydroxyl groups excluding tert-OH is 1. The lowest BCUT2D eigenvalue weighted by molar-refractivity contribution is -0.145. The van der Waals surface area contributed by atoms with Crippen molar-refractivity contribution in [3.8, 4) is 0 Å². The Morgan fingerprint density at radius 3 is 2.50 bits per heavy atom. The van der Waals surface area contributed by atoms with Gasteiger partial charge >= 0.3 is 5.97 Å². The number of esters is 1. The maximum atomic E-state index is 11.1. The normalized spacial score (nSPS) is 13.9. The summed E-state index contributed by atoms with van der Waals surface area (Å²) in [5.74, 6) is -0.397. The Labute approximate surface area is 97.0 Å². The van der Waals surface area contributed by atoms with Crippen molar-refractivity contribution >= 4 is 5.97 Å². The molecule has 0 aliphatic rings. The third-order valence-electron chi connectivity index (χ3n) is 1.89. The number of hydrogen-bond acceptors (Lipinski definition) is 5. The molecule has 1 unspecified atom stereocenters. The first-order chi connectivity index (χ1) is 7.24. The van der Waals surface area contributed by atoms with Gasteiger partial charge in [0, 0.05) is 13.1 Å². The topological polar surface area (TPSA) is 70.0 Å². The maximum absolute atomic E-state index is 11.1. The van der Waals surface area contributed by atoms with Gasteiger partial charge in [-0.15, -0.1) is 0 Å². The molecule has 0 amide bonds. The smallest absolute Gasteiger partial charge is 0.308 e. The summed E-state index contributed by atoms with van der Waals surface area (Å²) in [6, 6.07) is 0. The van der Waals surface area contributed by atoms with Crippen LogP contribution in [-0.4, -0.2) is 59.5 Å². The number of nitrogens with zero attached hydrogens (tertiary/aromatic N) is 1. The molecule has 0 heterocycles. The van der Waals surface area contributed by atoms with Crippen molar-refractivity contribution in [1.82, 2.24) is 4.90 Å². The van der Waals surface area contributed by atoms with Gasteiger partial charge in [-0.3, -0.25) is 4.79 Å². The third kappa shape index (κ3) is 8.64. The quantitative estimate of drug-likeness (QED) is 0.606. The SMILES string of the molecule is CCOC(=O)CC(O)CN(C)CC(C)(C)O. The number of carbonyl (C=O) groups excluding carboxylic acids is 1. The van der Waals surface area contributed by atoms with Gasteiger partial charge in [0.05, 0.1) is 24.7 Å². The summed E-state index contributed by atoms with van der Waals surface area (Å²) in [6.07, 6.45) is -0.768. The number of rotatable bonds is 7. The predicted octanol–water partition coefficient (Wildman–Crippen LogP) is 0.00320. The van der Waals surface area contributed by atoms with E-state index in [2.05, 4.69) is 0 Å². The second-order valence-corrected chi connectivity index (χ2v) is 4.67. The Hall–Kier alpha value is -0.650. The van der Waals surface area contributed by atoms with Crippen molar-refractivity contribution in [3.05, 3.63) is 0 Å². The molecule has 0 aromatic carbocycles. The van der Waals surface area contributed by atoms with Gasteiger partial charge in [-0.25, -0.2) is 0 Å². The van der Waals surface area contributed by atoms with Gasteiger partial charge in [-0.2, -0.15) is 0 Å². The summed E-state index contributed by atoms with van der Waals surface area (Å²) in [6.45, 7) is 6.22. The van der Waals surface area contributed by atoms with E-state index in [1.54, 1.807) is 32.7 Å². The van der Waals surface area contributed by atoms with E-state index in [0.29, 0.717) is 19.7 Å². The maximum Gasteiger partial charge on any atom is 0.308 e. The average molecular weight is 233 g/mol. The van der Waals surface area contributed by atoms with Gasteiger partial charge in [0.2, 0.25) is 0 Å². The van der Waals surface area contributed by atoms with Crippen LogP contribution in [0.15, 0.2) is 0 Å². The van der Waals surface area contributed by atoms with Crippen molar-refractivity contribution in [2.24, 2.45) is 0 Å². The molecule has 0 spiro atoms. The van der Waals surface area contributed by atoms with Crippen molar-refractivity contribution in [2.75, 3.05) is 26.7 Å². The molecule has 16 heavy (non-hydrogen) atoms. The van der Waals surface area contributed by atoms with Crippen molar-refractivity contribution in [3.63, 3.8) is 0 Å². The van der Waals surface area contributed by atoms with Crippen LogP contribution in [0.2, 0.25) is 0 Å². The molecule has 0 saturated heterocycles. The zero-order valence-electron chi connectivity index (χ0n) is 10.6. The Morgan fingerprint density at radius 2 is 2.06 bits per heavy atom. The molecule has 0 aliphatic heterocycles. The monoisotopic (exact) mass is 233 g/mol. The highest BCUT2D eigenvalue weighted by molar-refractivity contribution is 5.69. The van der Waals surface area contributed by atoms with Gasteiger partial charge in [-0.1, -0.05) is 0 Å². The first-order valence-electron chi connectivity index (χ1n) is 5.49. The third-order valence-corrected chi connectivity index (χ3v) is 1.89. The Morgan fingerprint density at radius 1 is 1.50 bits per heavy atom. The van der Waals surface area contributed by atoms with E-state index in [0.717, 1.165) is 0 Å². The molecular weight excluding hydrogens is 210 g/mol. The minimum absolute atomic E-state index is 0.00988. The molecule has 5 heteroatoms. The van der Waals surface area contributed by atoms with Crippen molar-refractivity contribution < 1.29 is 19.7 Å². The summed E-state index contributed by atoms with van der Waals surface area (Å²) in [5.41, 5.74) is -0.807. The number of hydrogen-bond donors (Lipinski definition) is 2. The first kappa shape index (κ1) is 15.3. The zero-order valence-corrected chi connectivity index (χ0v) is 10.6. The lowest BCUT2D eigenvalue weighted by Gasteiger charge is -2.26. The molecule has 0 saturated carbocycles. The number of carbonyl (C=O) groups is 1. The summed E-state index contributed by atoms with van der Waals surface area (Å²) in [5, 5.41) is 19.1. The van der Waals surface area contributed by atoms with E-state index in [4.69, 9.17) is 4.74 Å². The van der Waals surface area contributed by atoms with Crippen LogP contribution in [0.3, 0.4) is 0 Å².